The van der Waals surface area contributed by atoms with Crippen molar-refractivity contribution in [1.29, 1.82) is 0 Å². The molecule has 2 heterocycles. The summed E-state index contributed by atoms with van der Waals surface area (Å²) in [5.41, 5.74) is 1.38. The van der Waals surface area contributed by atoms with Gasteiger partial charge in [0.1, 0.15) is 5.01 Å². The minimum absolute atomic E-state index is 0.162. The lowest BCUT2D eigenvalue weighted by Gasteiger charge is -2.41. The Morgan fingerprint density at radius 1 is 1.30 bits per heavy atom. The molecule has 3 rings (SSSR count). The van der Waals surface area contributed by atoms with Crippen molar-refractivity contribution in [2.75, 3.05) is 19.6 Å². The number of aryl methyl sites for hydroxylation is 2. The van der Waals surface area contributed by atoms with Crippen LogP contribution in [-0.4, -0.2) is 35.6 Å². The summed E-state index contributed by atoms with van der Waals surface area (Å²) in [6.07, 6.45) is 6.40. The van der Waals surface area contributed by atoms with E-state index >= 15 is 0 Å². The highest BCUT2D eigenvalue weighted by atomic mass is 32.1. The normalized spacial score (nSPS) is 23.1. The molecule has 20 heavy (non-hydrogen) atoms. The minimum atomic E-state index is 0.162. The predicted octanol–water partition coefficient (Wildman–Crippen LogP) is 3.21. The maximum Gasteiger partial charge on any atom is 0.113 e. The van der Waals surface area contributed by atoms with Gasteiger partial charge < -0.3 is 10.2 Å². The molecule has 1 aliphatic heterocycles. The van der Waals surface area contributed by atoms with E-state index in [1.54, 1.807) is 0 Å². The monoisotopic (exact) mass is 293 g/mol. The van der Waals surface area contributed by atoms with Gasteiger partial charge in [-0.15, -0.1) is 11.3 Å². The highest BCUT2D eigenvalue weighted by Crippen LogP contribution is 2.39. The Morgan fingerprint density at radius 2 is 2.00 bits per heavy atom. The van der Waals surface area contributed by atoms with Crippen LogP contribution >= 0.6 is 11.3 Å². The van der Waals surface area contributed by atoms with Gasteiger partial charge in [0.05, 0.1) is 11.2 Å². The number of hydrogen-bond donors (Lipinski definition) is 1. The van der Waals surface area contributed by atoms with E-state index in [1.165, 1.54) is 67.3 Å². The van der Waals surface area contributed by atoms with E-state index in [1.807, 2.05) is 11.3 Å². The van der Waals surface area contributed by atoms with Crippen molar-refractivity contribution < 1.29 is 0 Å². The molecule has 1 saturated heterocycles. The quantitative estimate of drug-likeness (QED) is 0.903. The molecule has 0 amide bonds. The summed E-state index contributed by atoms with van der Waals surface area (Å²) in [5, 5.41) is 5.29. The molecule has 4 heteroatoms. The van der Waals surface area contributed by atoms with Crippen LogP contribution in [0.25, 0.3) is 0 Å². The fourth-order valence-corrected chi connectivity index (χ4v) is 4.31. The minimum Gasteiger partial charge on any atom is -0.303 e. The number of nitrogens with zero attached hydrogens (tertiary/aromatic N) is 2. The van der Waals surface area contributed by atoms with Crippen molar-refractivity contribution in [2.45, 2.75) is 64.5 Å². The standard InChI is InChI=1S/C16H27N3S/c1-4-9-19-10-7-16(8-11-19,18-14-5-6-14)15-17-12(2)13(3)20-15/h14,18H,4-11H2,1-3H3. The molecule has 2 fully saturated rings. The van der Waals surface area contributed by atoms with Crippen LogP contribution in [-0.2, 0) is 5.54 Å². The molecule has 0 unspecified atom stereocenters. The molecule has 2 aliphatic rings. The third kappa shape index (κ3) is 2.92. The van der Waals surface area contributed by atoms with Crippen molar-refractivity contribution in [1.82, 2.24) is 15.2 Å². The number of hydrogen-bond acceptors (Lipinski definition) is 4. The zero-order valence-electron chi connectivity index (χ0n) is 13.0. The van der Waals surface area contributed by atoms with E-state index in [0.717, 1.165) is 6.04 Å². The summed E-state index contributed by atoms with van der Waals surface area (Å²) in [7, 11) is 0. The van der Waals surface area contributed by atoms with Crippen LogP contribution in [0.5, 0.6) is 0 Å². The summed E-state index contributed by atoms with van der Waals surface area (Å²) >= 11 is 1.91. The number of nitrogens with one attached hydrogen (secondary N) is 1. The maximum absolute atomic E-state index is 4.90. The number of piperidine rings is 1. The fourth-order valence-electron chi connectivity index (χ4n) is 3.19. The summed E-state index contributed by atoms with van der Waals surface area (Å²) in [4.78, 5) is 8.89. The summed E-state index contributed by atoms with van der Waals surface area (Å²) < 4.78 is 0. The van der Waals surface area contributed by atoms with Gasteiger partial charge in [-0.05, 0) is 52.5 Å². The van der Waals surface area contributed by atoms with Crippen LogP contribution in [0, 0.1) is 13.8 Å². The second-order valence-electron chi connectivity index (χ2n) is 6.50. The van der Waals surface area contributed by atoms with Gasteiger partial charge in [-0.3, -0.25) is 0 Å². The Bertz CT molecular complexity index is 437. The SMILES string of the molecule is CCCN1CCC(NC2CC2)(c2nc(C)c(C)s2)CC1. The van der Waals surface area contributed by atoms with E-state index in [9.17, 15) is 0 Å². The molecule has 1 aromatic heterocycles. The summed E-state index contributed by atoms with van der Waals surface area (Å²) in [5.74, 6) is 0. The van der Waals surface area contributed by atoms with E-state index in [2.05, 4.69) is 31.0 Å². The van der Waals surface area contributed by atoms with E-state index in [4.69, 9.17) is 4.98 Å². The molecule has 0 spiro atoms. The van der Waals surface area contributed by atoms with Gasteiger partial charge in [0.25, 0.3) is 0 Å². The van der Waals surface area contributed by atoms with Gasteiger partial charge in [-0.25, -0.2) is 4.98 Å². The van der Waals surface area contributed by atoms with Crippen molar-refractivity contribution in [2.24, 2.45) is 0 Å². The molecular formula is C16H27N3S. The summed E-state index contributed by atoms with van der Waals surface area (Å²) in [6.45, 7) is 10.3. The average Bonchev–Trinajstić information content (AvgIpc) is 3.18. The van der Waals surface area contributed by atoms with E-state index in [0.29, 0.717) is 0 Å². The highest BCUT2D eigenvalue weighted by molar-refractivity contribution is 7.11. The smallest absolute Gasteiger partial charge is 0.113 e. The van der Waals surface area contributed by atoms with Gasteiger partial charge in [0.2, 0.25) is 0 Å². The highest BCUT2D eigenvalue weighted by Gasteiger charge is 2.42. The van der Waals surface area contributed by atoms with Gasteiger partial charge in [-0.1, -0.05) is 6.92 Å². The molecule has 3 nitrogen and oxygen atoms in total. The van der Waals surface area contributed by atoms with Crippen LogP contribution < -0.4 is 5.32 Å². The van der Waals surface area contributed by atoms with Crippen LogP contribution in [0.4, 0.5) is 0 Å². The maximum atomic E-state index is 4.90. The number of likely N-dealkylation sites (tertiary alicyclic amines) is 1. The average molecular weight is 293 g/mol. The second-order valence-corrected chi connectivity index (χ2v) is 7.71. The van der Waals surface area contributed by atoms with Crippen LogP contribution in [0.3, 0.4) is 0 Å². The first-order valence-electron chi connectivity index (χ1n) is 8.07. The molecule has 1 N–H and O–H groups in total. The fraction of sp³-hybridized carbons (Fsp3) is 0.812. The molecule has 0 atom stereocenters. The number of aromatic nitrogens is 1. The second kappa shape index (κ2) is 5.74. The third-order valence-corrected chi connectivity index (χ3v) is 6.02. The Kier molecular flexibility index (Phi) is 4.16. The van der Waals surface area contributed by atoms with E-state index < -0.39 is 0 Å². The van der Waals surface area contributed by atoms with Crippen molar-refractivity contribution >= 4 is 11.3 Å². The zero-order chi connectivity index (χ0) is 14.2. The lowest BCUT2D eigenvalue weighted by molar-refractivity contribution is 0.132. The van der Waals surface area contributed by atoms with Crippen molar-refractivity contribution in [3.8, 4) is 0 Å². The Morgan fingerprint density at radius 3 is 2.50 bits per heavy atom. The first-order valence-corrected chi connectivity index (χ1v) is 8.89. The molecule has 1 aliphatic carbocycles. The van der Waals surface area contributed by atoms with Crippen LogP contribution in [0.2, 0.25) is 0 Å². The molecule has 0 bridgehead atoms. The molecule has 0 aromatic carbocycles. The van der Waals surface area contributed by atoms with Gasteiger partial charge in [0, 0.05) is 24.0 Å². The van der Waals surface area contributed by atoms with Gasteiger partial charge in [0.15, 0.2) is 0 Å². The molecule has 112 valence electrons. The summed E-state index contributed by atoms with van der Waals surface area (Å²) in [6, 6.07) is 0.747. The van der Waals surface area contributed by atoms with Crippen LogP contribution in [0.15, 0.2) is 0 Å². The zero-order valence-corrected chi connectivity index (χ0v) is 13.9. The number of thiazole rings is 1. The molecule has 0 radical (unpaired) electrons. The largest absolute Gasteiger partial charge is 0.303 e. The van der Waals surface area contributed by atoms with Gasteiger partial charge in [-0.2, -0.15) is 0 Å². The van der Waals surface area contributed by atoms with Crippen LogP contribution in [0.1, 0.15) is 54.6 Å². The molecule has 1 aromatic rings. The number of rotatable bonds is 5. The van der Waals surface area contributed by atoms with Crippen molar-refractivity contribution in [3.05, 3.63) is 15.6 Å². The predicted molar refractivity (Wildman–Crippen MR) is 85.4 cm³/mol. The molecular weight excluding hydrogens is 266 g/mol. The van der Waals surface area contributed by atoms with Crippen molar-refractivity contribution in [3.63, 3.8) is 0 Å². The first-order chi connectivity index (χ1) is 9.63. The van der Waals surface area contributed by atoms with E-state index in [-0.39, 0.29) is 5.54 Å². The third-order valence-electron chi connectivity index (χ3n) is 4.75. The lowest BCUT2D eigenvalue weighted by atomic mass is 9.87. The Labute approximate surface area is 126 Å². The van der Waals surface area contributed by atoms with Gasteiger partial charge >= 0.3 is 0 Å². The lowest BCUT2D eigenvalue weighted by Crippen LogP contribution is -2.52. The Balaban J connectivity index is 1.78. The molecule has 1 saturated carbocycles. The topological polar surface area (TPSA) is 28.2 Å². The first kappa shape index (κ1) is 14.5. The Hall–Kier alpha value is -0.450.